The van der Waals surface area contributed by atoms with E-state index in [9.17, 15) is 4.39 Å². The first-order chi connectivity index (χ1) is 10.1. The number of nitrogens with one attached hydrogen (secondary N) is 1. The molecule has 1 fully saturated rings. The van der Waals surface area contributed by atoms with Gasteiger partial charge in [-0.15, -0.1) is 0 Å². The lowest BCUT2D eigenvalue weighted by molar-refractivity contribution is 0.199. The number of hydrogen-bond acceptors (Lipinski definition) is 2. The fourth-order valence-electron chi connectivity index (χ4n) is 2.82. The molecule has 1 aliphatic rings. The molecule has 0 aliphatic carbocycles. The SMILES string of the molecule is CN1NC(c2ccccc2)(c2ccccc2F)N(C)C1=S. The van der Waals surface area contributed by atoms with Crippen LogP contribution in [0.5, 0.6) is 0 Å². The normalized spacial score (nSPS) is 22.0. The van der Waals surface area contributed by atoms with E-state index in [1.165, 1.54) is 6.07 Å². The van der Waals surface area contributed by atoms with Crippen LogP contribution >= 0.6 is 12.2 Å². The first-order valence-corrected chi connectivity index (χ1v) is 7.08. The Kier molecular flexibility index (Phi) is 3.39. The Balaban J connectivity index is 2.27. The number of thiocarbonyl (C=S) groups is 1. The number of nitrogens with zero attached hydrogens (tertiary/aromatic N) is 2. The molecule has 1 N–H and O–H groups in total. The summed E-state index contributed by atoms with van der Waals surface area (Å²) in [7, 11) is 3.71. The summed E-state index contributed by atoms with van der Waals surface area (Å²) in [6, 6.07) is 16.5. The van der Waals surface area contributed by atoms with Crippen LogP contribution in [0.3, 0.4) is 0 Å². The van der Waals surface area contributed by atoms with E-state index in [-0.39, 0.29) is 5.82 Å². The van der Waals surface area contributed by atoms with Gasteiger partial charge < -0.3 is 4.90 Å². The Morgan fingerprint density at radius 2 is 1.62 bits per heavy atom. The van der Waals surface area contributed by atoms with Crippen molar-refractivity contribution in [2.45, 2.75) is 5.66 Å². The average Bonchev–Trinajstić information content (AvgIpc) is 2.74. The third-order valence-corrected chi connectivity index (χ3v) is 4.41. The van der Waals surface area contributed by atoms with E-state index in [1.54, 1.807) is 17.1 Å². The second-order valence-corrected chi connectivity index (χ2v) is 5.43. The summed E-state index contributed by atoms with van der Waals surface area (Å²) in [6.45, 7) is 0. The van der Waals surface area contributed by atoms with Gasteiger partial charge in [0.15, 0.2) is 10.8 Å². The molecule has 5 heteroatoms. The standard InChI is InChI=1S/C16H16FN3S/c1-19-15(21)20(2)18-16(19,12-8-4-3-5-9-12)13-10-6-7-11-14(13)17/h3-11,18H,1-2H3. The van der Waals surface area contributed by atoms with Gasteiger partial charge in [-0.2, -0.15) is 5.43 Å². The molecule has 2 aromatic carbocycles. The van der Waals surface area contributed by atoms with Crippen molar-refractivity contribution in [3.05, 3.63) is 71.5 Å². The lowest BCUT2D eigenvalue weighted by atomic mass is 9.90. The zero-order valence-electron chi connectivity index (χ0n) is 11.9. The first kappa shape index (κ1) is 14.0. The summed E-state index contributed by atoms with van der Waals surface area (Å²) < 4.78 is 14.5. The highest BCUT2D eigenvalue weighted by Gasteiger charge is 2.48. The minimum absolute atomic E-state index is 0.265. The van der Waals surface area contributed by atoms with E-state index < -0.39 is 5.66 Å². The molecule has 21 heavy (non-hydrogen) atoms. The lowest BCUT2D eigenvalue weighted by Gasteiger charge is -2.36. The van der Waals surface area contributed by atoms with Crippen LogP contribution in [0.4, 0.5) is 4.39 Å². The predicted molar refractivity (Wildman–Crippen MR) is 84.9 cm³/mol. The van der Waals surface area contributed by atoms with Gasteiger partial charge in [-0.05, 0) is 23.8 Å². The lowest BCUT2D eigenvalue weighted by Crippen LogP contribution is -2.50. The monoisotopic (exact) mass is 301 g/mol. The molecule has 0 bridgehead atoms. The highest BCUT2D eigenvalue weighted by atomic mass is 32.1. The van der Waals surface area contributed by atoms with Crippen molar-refractivity contribution in [2.24, 2.45) is 0 Å². The topological polar surface area (TPSA) is 18.5 Å². The van der Waals surface area contributed by atoms with Crippen LogP contribution in [0.2, 0.25) is 0 Å². The van der Waals surface area contributed by atoms with E-state index in [0.717, 1.165) is 5.56 Å². The van der Waals surface area contributed by atoms with Crippen LogP contribution in [-0.4, -0.2) is 29.1 Å². The Morgan fingerprint density at radius 3 is 2.19 bits per heavy atom. The summed E-state index contributed by atoms with van der Waals surface area (Å²) in [5.74, 6) is -0.265. The summed E-state index contributed by atoms with van der Waals surface area (Å²) in [6.07, 6.45) is 0. The van der Waals surface area contributed by atoms with Gasteiger partial charge in [0.25, 0.3) is 0 Å². The molecule has 1 saturated heterocycles. The highest BCUT2D eigenvalue weighted by molar-refractivity contribution is 7.80. The van der Waals surface area contributed by atoms with Crippen molar-refractivity contribution in [3.8, 4) is 0 Å². The maximum Gasteiger partial charge on any atom is 0.187 e. The third-order valence-electron chi connectivity index (χ3n) is 3.86. The van der Waals surface area contributed by atoms with Crippen molar-refractivity contribution < 1.29 is 4.39 Å². The van der Waals surface area contributed by atoms with Crippen LogP contribution < -0.4 is 5.43 Å². The Morgan fingerprint density at radius 1 is 1.00 bits per heavy atom. The van der Waals surface area contributed by atoms with Crippen LogP contribution in [-0.2, 0) is 5.66 Å². The Hall–Kier alpha value is -1.98. The van der Waals surface area contributed by atoms with E-state index >= 15 is 0 Å². The van der Waals surface area contributed by atoms with Crippen LogP contribution in [0.1, 0.15) is 11.1 Å². The Labute approximate surface area is 129 Å². The number of hydrogen-bond donors (Lipinski definition) is 1. The quantitative estimate of drug-likeness (QED) is 0.859. The molecule has 0 radical (unpaired) electrons. The van der Waals surface area contributed by atoms with E-state index in [0.29, 0.717) is 10.7 Å². The molecule has 0 saturated carbocycles. The number of benzene rings is 2. The van der Waals surface area contributed by atoms with E-state index in [1.807, 2.05) is 55.4 Å². The number of halogens is 1. The van der Waals surface area contributed by atoms with Gasteiger partial charge in [0.05, 0.1) is 0 Å². The first-order valence-electron chi connectivity index (χ1n) is 6.67. The van der Waals surface area contributed by atoms with Crippen LogP contribution in [0.15, 0.2) is 54.6 Å². The summed E-state index contributed by atoms with van der Waals surface area (Å²) >= 11 is 5.42. The van der Waals surface area contributed by atoms with E-state index in [2.05, 4.69) is 5.43 Å². The van der Waals surface area contributed by atoms with Crippen molar-refractivity contribution in [1.29, 1.82) is 0 Å². The molecule has 1 atom stereocenters. The Bertz CT molecular complexity index is 676. The van der Waals surface area contributed by atoms with Gasteiger partial charge in [0.1, 0.15) is 5.82 Å². The molecular weight excluding hydrogens is 285 g/mol. The van der Waals surface area contributed by atoms with Gasteiger partial charge in [0.2, 0.25) is 0 Å². The minimum Gasteiger partial charge on any atom is -0.323 e. The summed E-state index contributed by atoms with van der Waals surface area (Å²) in [5.41, 5.74) is 3.96. The molecule has 3 rings (SSSR count). The molecule has 1 unspecified atom stereocenters. The van der Waals surface area contributed by atoms with Crippen LogP contribution in [0.25, 0.3) is 0 Å². The van der Waals surface area contributed by atoms with Crippen molar-refractivity contribution in [1.82, 2.24) is 15.3 Å². The molecule has 2 aromatic rings. The third kappa shape index (κ3) is 2.01. The second kappa shape index (κ2) is 5.09. The molecule has 1 aliphatic heterocycles. The summed E-state index contributed by atoms with van der Waals surface area (Å²) in [4.78, 5) is 1.88. The largest absolute Gasteiger partial charge is 0.323 e. The average molecular weight is 301 g/mol. The maximum atomic E-state index is 14.5. The zero-order chi connectivity index (χ0) is 15.0. The zero-order valence-corrected chi connectivity index (χ0v) is 12.7. The van der Waals surface area contributed by atoms with Crippen molar-refractivity contribution in [3.63, 3.8) is 0 Å². The molecule has 1 heterocycles. The van der Waals surface area contributed by atoms with Gasteiger partial charge >= 0.3 is 0 Å². The second-order valence-electron chi connectivity index (χ2n) is 5.07. The molecular formula is C16H16FN3S. The minimum atomic E-state index is -0.835. The highest BCUT2D eigenvalue weighted by Crippen LogP contribution is 2.38. The van der Waals surface area contributed by atoms with Gasteiger partial charge in [-0.1, -0.05) is 48.5 Å². The van der Waals surface area contributed by atoms with Crippen LogP contribution in [0, 0.1) is 5.82 Å². The fourth-order valence-corrected chi connectivity index (χ4v) is 3.01. The van der Waals surface area contributed by atoms with Gasteiger partial charge in [-0.3, -0.25) is 5.01 Å². The maximum absolute atomic E-state index is 14.5. The smallest absolute Gasteiger partial charge is 0.187 e. The predicted octanol–water partition coefficient (Wildman–Crippen LogP) is 2.69. The number of hydrazine groups is 1. The summed E-state index contributed by atoms with van der Waals surface area (Å²) in [5, 5.41) is 2.36. The van der Waals surface area contributed by atoms with Gasteiger partial charge in [-0.25, -0.2) is 4.39 Å². The molecule has 3 nitrogen and oxygen atoms in total. The van der Waals surface area contributed by atoms with Gasteiger partial charge in [0, 0.05) is 19.7 Å². The van der Waals surface area contributed by atoms with E-state index in [4.69, 9.17) is 12.2 Å². The number of rotatable bonds is 2. The fraction of sp³-hybridized carbons (Fsp3) is 0.188. The molecule has 0 amide bonds. The molecule has 0 spiro atoms. The van der Waals surface area contributed by atoms with Crippen molar-refractivity contribution in [2.75, 3.05) is 14.1 Å². The molecule has 108 valence electrons. The van der Waals surface area contributed by atoms with Crippen molar-refractivity contribution >= 4 is 17.3 Å². The molecule has 0 aromatic heterocycles.